The van der Waals surface area contributed by atoms with Gasteiger partial charge in [-0.05, 0) is 22.0 Å². The van der Waals surface area contributed by atoms with Crippen LogP contribution in [-0.2, 0) is 0 Å². The fraction of sp³-hybridized carbons (Fsp3) is 0. The van der Waals surface area contributed by atoms with E-state index in [0.29, 0.717) is 15.7 Å². The zero-order valence-electron chi connectivity index (χ0n) is 6.19. The van der Waals surface area contributed by atoms with Gasteiger partial charge in [-0.2, -0.15) is 0 Å². The monoisotopic (exact) mass is 242 g/mol. The Kier molecular flexibility index (Phi) is 1.77. The molecule has 0 aromatic carbocycles. The molecule has 0 fully saturated rings. The van der Waals surface area contributed by atoms with Crippen molar-refractivity contribution in [3.63, 3.8) is 0 Å². The van der Waals surface area contributed by atoms with Crippen molar-refractivity contribution in [1.29, 1.82) is 0 Å². The largest absolute Gasteiger partial charge is 0.474 e. The minimum atomic E-state index is -1.19. The highest BCUT2D eigenvalue weighted by Gasteiger charge is 2.14. The van der Waals surface area contributed by atoms with Gasteiger partial charge in [0.05, 0.1) is 0 Å². The molecular formula is C7H3BrN2O3. The summed E-state index contributed by atoms with van der Waals surface area (Å²) in [4.78, 5) is 18.1. The van der Waals surface area contributed by atoms with Crippen LogP contribution < -0.4 is 0 Å². The first kappa shape index (κ1) is 8.18. The predicted octanol–water partition coefficient (Wildman–Crippen LogP) is 1.68. The second-order valence-electron chi connectivity index (χ2n) is 2.27. The Morgan fingerprint density at radius 2 is 2.38 bits per heavy atom. The molecule has 0 radical (unpaired) electrons. The second kappa shape index (κ2) is 2.81. The number of nitrogens with zero attached hydrogens (tertiary/aromatic N) is 2. The number of hydrogen-bond donors (Lipinski definition) is 1. The first-order valence-electron chi connectivity index (χ1n) is 3.33. The molecule has 6 heteroatoms. The first-order valence-corrected chi connectivity index (χ1v) is 4.12. The van der Waals surface area contributed by atoms with Crippen LogP contribution in [0.5, 0.6) is 0 Å². The molecule has 2 heterocycles. The lowest BCUT2D eigenvalue weighted by molar-refractivity contribution is 0.0656. The third-order valence-electron chi connectivity index (χ3n) is 1.44. The van der Waals surface area contributed by atoms with E-state index in [1.54, 1.807) is 6.07 Å². The van der Waals surface area contributed by atoms with Gasteiger partial charge in [0.1, 0.15) is 5.52 Å². The molecule has 66 valence electrons. The van der Waals surface area contributed by atoms with Crippen molar-refractivity contribution in [3.8, 4) is 0 Å². The number of rotatable bonds is 1. The van der Waals surface area contributed by atoms with Crippen molar-refractivity contribution < 1.29 is 14.3 Å². The van der Waals surface area contributed by atoms with E-state index in [2.05, 4.69) is 25.9 Å². The van der Waals surface area contributed by atoms with Crippen molar-refractivity contribution in [2.24, 2.45) is 0 Å². The number of halogens is 1. The summed E-state index contributed by atoms with van der Waals surface area (Å²) in [5.41, 5.74) is 0.819. The topological polar surface area (TPSA) is 76.2 Å². The Balaban J connectivity index is 2.75. The van der Waals surface area contributed by atoms with Crippen LogP contribution in [-0.4, -0.2) is 21.0 Å². The molecule has 2 aromatic rings. The van der Waals surface area contributed by atoms with Crippen LogP contribution in [0.25, 0.3) is 11.1 Å². The van der Waals surface area contributed by atoms with E-state index in [-0.39, 0.29) is 5.89 Å². The van der Waals surface area contributed by atoms with Gasteiger partial charge in [-0.25, -0.2) is 14.8 Å². The van der Waals surface area contributed by atoms with E-state index in [4.69, 9.17) is 9.52 Å². The van der Waals surface area contributed by atoms with Gasteiger partial charge in [-0.1, -0.05) is 0 Å². The maximum absolute atomic E-state index is 10.5. The van der Waals surface area contributed by atoms with Gasteiger partial charge in [0.25, 0.3) is 0 Å². The van der Waals surface area contributed by atoms with Crippen LogP contribution in [0.2, 0.25) is 0 Å². The number of aromatic nitrogens is 2. The molecule has 0 aliphatic carbocycles. The van der Waals surface area contributed by atoms with Gasteiger partial charge < -0.3 is 9.52 Å². The second-order valence-corrected chi connectivity index (χ2v) is 3.03. The zero-order chi connectivity index (χ0) is 9.42. The molecular weight excluding hydrogens is 240 g/mol. The van der Waals surface area contributed by atoms with Crippen molar-refractivity contribution >= 4 is 33.0 Å². The van der Waals surface area contributed by atoms with Crippen molar-refractivity contribution in [1.82, 2.24) is 9.97 Å². The van der Waals surface area contributed by atoms with Crippen LogP contribution in [0.1, 0.15) is 10.7 Å². The van der Waals surface area contributed by atoms with Gasteiger partial charge >= 0.3 is 11.9 Å². The molecule has 5 nitrogen and oxygen atoms in total. The van der Waals surface area contributed by atoms with Crippen LogP contribution in [0, 0.1) is 0 Å². The minimum absolute atomic E-state index is 0.330. The van der Waals surface area contributed by atoms with E-state index in [9.17, 15) is 4.79 Å². The molecule has 1 N–H and O–H groups in total. The number of carboxylic acid groups (broad SMARTS) is 1. The Morgan fingerprint density at radius 1 is 1.62 bits per heavy atom. The molecule has 13 heavy (non-hydrogen) atoms. The smallest absolute Gasteiger partial charge is 0.392 e. The first-order chi connectivity index (χ1) is 6.18. The van der Waals surface area contributed by atoms with Crippen molar-refractivity contribution in [2.75, 3.05) is 0 Å². The zero-order valence-corrected chi connectivity index (χ0v) is 7.78. The summed E-state index contributed by atoms with van der Waals surface area (Å²) in [6.45, 7) is 0. The van der Waals surface area contributed by atoms with Crippen molar-refractivity contribution in [2.45, 2.75) is 0 Å². The molecule has 0 aliphatic heterocycles. The van der Waals surface area contributed by atoms with Gasteiger partial charge in [0.15, 0.2) is 10.2 Å². The standard InChI is InChI=1S/C7H3BrN2O3/c8-5-4-3(1-2-9-5)10-6(13-4)7(11)12/h1-2H,(H,11,12). The molecule has 0 aliphatic rings. The summed E-state index contributed by atoms with van der Waals surface area (Å²) in [6.07, 6.45) is 1.51. The lowest BCUT2D eigenvalue weighted by atomic mass is 10.4. The third kappa shape index (κ3) is 1.29. The highest BCUT2D eigenvalue weighted by Crippen LogP contribution is 2.21. The van der Waals surface area contributed by atoms with E-state index in [0.717, 1.165) is 0 Å². The number of hydrogen-bond acceptors (Lipinski definition) is 4. The van der Waals surface area contributed by atoms with E-state index in [1.807, 2.05) is 0 Å². The number of oxazole rings is 1. The summed E-state index contributed by atoms with van der Waals surface area (Å²) in [5, 5.41) is 8.58. The Hall–Kier alpha value is -1.43. The summed E-state index contributed by atoms with van der Waals surface area (Å²) in [5.74, 6) is -1.52. The quantitative estimate of drug-likeness (QED) is 0.771. The lowest BCUT2D eigenvalue weighted by Gasteiger charge is -1.86. The van der Waals surface area contributed by atoms with Gasteiger partial charge in [-0.15, -0.1) is 0 Å². The lowest BCUT2D eigenvalue weighted by Crippen LogP contribution is -1.94. The number of carbonyl (C=O) groups is 1. The summed E-state index contributed by atoms with van der Waals surface area (Å²) >= 11 is 3.12. The fourth-order valence-corrected chi connectivity index (χ4v) is 1.32. The average molecular weight is 243 g/mol. The third-order valence-corrected chi connectivity index (χ3v) is 2.01. The summed E-state index contributed by atoms with van der Waals surface area (Å²) < 4.78 is 5.39. The predicted molar refractivity (Wildman–Crippen MR) is 46.5 cm³/mol. The Morgan fingerprint density at radius 3 is 3.00 bits per heavy atom. The Labute approximate surface area is 80.5 Å². The van der Waals surface area contributed by atoms with E-state index >= 15 is 0 Å². The molecule has 0 spiro atoms. The normalized spacial score (nSPS) is 10.5. The Bertz CT molecular complexity index is 480. The molecule has 0 atom stereocenters. The van der Waals surface area contributed by atoms with Crippen molar-refractivity contribution in [3.05, 3.63) is 22.8 Å². The van der Waals surface area contributed by atoms with Gasteiger partial charge in [-0.3, -0.25) is 0 Å². The molecule has 0 bridgehead atoms. The molecule has 0 saturated heterocycles. The maximum atomic E-state index is 10.5. The minimum Gasteiger partial charge on any atom is -0.474 e. The number of carboxylic acids is 1. The van der Waals surface area contributed by atoms with Crippen LogP contribution in [0.15, 0.2) is 21.3 Å². The van der Waals surface area contributed by atoms with E-state index in [1.165, 1.54) is 6.20 Å². The van der Waals surface area contributed by atoms with Crippen LogP contribution >= 0.6 is 15.9 Å². The maximum Gasteiger partial charge on any atom is 0.392 e. The fourth-order valence-electron chi connectivity index (χ4n) is 0.916. The number of fused-ring (bicyclic) bond motifs is 1. The molecule has 2 rings (SSSR count). The molecule has 0 amide bonds. The average Bonchev–Trinajstić information content (AvgIpc) is 2.49. The number of aromatic carboxylic acids is 1. The molecule has 0 saturated carbocycles. The highest BCUT2D eigenvalue weighted by molar-refractivity contribution is 9.10. The number of pyridine rings is 1. The van der Waals surface area contributed by atoms with Gasteiger partial charge in [0.2, 0.25) is 0 Å². The SMILES string of the molecule is O=C(O)c1nc2ccnc(Br)c2o1. The van der Waals surface area contributed by atoms with Gasteiger partial charge in [0, 0.05) is 6.20 Å². The summed E-state index contributed by atoms with van der Waals surface area (Å²) in [6, 6.07) is 1.58. The molecule has 0 unspecified atom stereocenters. The summed E-state index contributed by atoms with van der Waals surface area (Å²) in [7, 11) is 0. The van der Waals surface area contributed by atoms with Crippen LogP contribution in [0.3, 0.4) is 0 Å². The molecule has 2 aromatic heterocycles. The van der Waals surface area contributed by atoms with E-state index < -0.39 is 5.97 Å². The highest BCUT2D eigenvalue weighted by atomic mass is 79.9. The van der Waals surface area contributed by atoms with Crippen LogP contribution in [0.4, 0.5) is 0 Å².